The monoisotopic (exact) mass is 319 g/mol. The van der Waals surface area contributed by atoms with Gasteiger partial charge < -0.3 is 15.3 Å². The van der Waals surface area contributed by atoms with Gasteiger partial charge in [0.15, 0.2) is 5.96 Å². The van der Waals surface area contributed by atoms with Crippen molar-refractivity contribution in [3.05, 3.63) is 35.6 Å². The lowest BCUT2D eigenvalue weighted by Crippen LogP contribution is -2.43. The van der Waals surface area contributed by atoms with Gasteiger partial charge in [0, 0.05) is 25.0 Å². The SMILES string of the molecule is CCNC(=NCC1(c2ccc(F)cc2)CCC1)N1CC[C@@H](O)C1. The number of likely N-dealkylation sites (tertiary alicyclic amines) is 1. The molecule has 1 saturated carbocycles. The normalized spacial score (nSPS) is 23.7. The quantitative estimate of drug-likeness (QED) is 0.661. The number of aliphatic hydroxyl groups excluding tert-OH is 1. The predicted octanol–water partition coefficient (Wildman–Crippen LogP) is 2.28. The smallest absolute Gasteiger partial charge is 0.194 e. The molecule has 126 valence electrons. The highest BCUT2D eigenvalue weighted by molar-refractivity contribution is 5.80. The fraction of sp³-hybridized carbons (Fsp3) is 0.611. The van der Waals surface area contributed by atoms with E-state index in [1.54, 1.807) is 12.1 Å². The topological polar surface area (TPSA) is 47.9 Å². The van der Waals surface area contributed by atoms with Crippen LogP contribution in [-0.4, -0.2) is 48.2 Å². The summed E-state index contributed by atoms with van der Waals surface area (Å²) in [4.78, 5) is 6.98. The van der Waals surface area contributed by atoms with Crippen molar-refractivity contribution in [1.29, 1.82) is 0 Å². The molecule has 23 heavy (non-hydrogen) atoms. The average Bonchev–Trinajstić information content (AvgIpc) is 2.93. The first-order valence-corrected chi connectivity index (χ1v) is 8.60. The molecule has 1 aliphatic heterocycles. The molecule has 4 nitrogen and oxygen atoms in total. The Balaban J connectivity index is 1.75. The third kappa shape index (κ3) is 3.50. The van der Waals surface area contributed by atoms with E-state index in [-0.39, 0.29) is 17.3 Å². The zero-order valence-corrected chi connectivity index (χ0v) is 13.8. The summed E-state index contributed by atoms with van der Waals surface area (Å²) in [6.45, 7) is 5.08. The third-order valence-corrected chi connectivity index (χ3v) is 5.10. The fourth-order valence-corrected chi connectivity index (χ4v) is 3.53. The predicted molar refractivity (Wildman–Crippen MR) is 90.1 cm³/mol. The number of rotatable bonds is 4. The number of aliphatic hydroxyl groups is 1. The Labute approximate surface area is 137 Å². The van der Waals surface area contributed by atoms with Gasteiger partial charge in [-0.15, -0.1) is 0 Å². The largest absolute Gasteiger partial charge is 0.391 e. The highest BCUT2D eigenvalue weighted by atomic mass is 19.1. The van der Waals surface area contributed by atoms with E-state index in [4.69, 9.17) is 4.99 Å². The molecule has 0 radical (unpaired) electrons. The van der Waals surface area contributed by atoms with Crippen LogP contribution in [0.1, 0.15) is 38.2 Å². The Kier molecular flexibility index (Phi) is 4.85. The molecule has 1 aromatic rings. The third-order valence-electron chi connectivity index (χ3n) is 5.10. The molecule has 2 fully saturated rings. The number of hydrogen-bond acceptors (Lipinski definition) is 2. The van der Waals surface area contributed by atoms with Gasteiger partial charge in [0.2, 0.25) is 0 Å². The van der Waals surface area contributed by atoms with Crippen LogP contribution in [0.5, 0.6) is 0 Å². The van der Waals surface area contributed by atoms with Crippen LogP contribution >= 0.6 is 0 Å². The molecule has 0 amide bonds. The van der Waals surface area contributed by atoms with Crippen molar-refractivity contribution in [1.82, 2.24) is 10.2 Å². The van der Waals surface area contributed by atoms with Crippen molar-refractivity contribution < 1.29 is 9.50 Å². The molecule has 0 aromatic heterocycles. The highest BCUT2D eigenvalue weighted by Gasteiger charge is 2.38. The maximum atomic E-state index is 13.2. The summed E-state index contributed by atoms with van der Waals surface area (Å²) in [5.41, 5.74) is 1.23. The van der Waals surface area contributed by atoms with Crippen LogP contribution in [0.25, 0.3) is 0 Å². The van der Waals surface area contributed by atoms with Gasteiger partial charge in [-0.2, -0.15) is 0 Å². The second kappa shape index (κ2) is 6.87. The molecule has 1 atom stereocenters. The second-order valence-corrected chi connectivity index (χ2v) is 6.70. The van der Waals surface area contributed by atoms with Crippen LogP contribution in [0.3, 0.4) is 0 Å². The second-order valence-electron chi connectivity index (χ2n) is 6.70. The van der Waals surface area contributed by atoms with Gasteiger partial charge in [-0.25, -0.2) is 4.39 Å². The summed E-state index contributed by atoms with van der Waals surface area (Å²) in [5.74, 6) is 0.698. The van der Waals surface area contributed by atoms with Gasteiger partial charge >= 0.3 is 0 Å². The van der Waals surface area contributed by atoms with Gasteiger partial charge in [0.05, 0.1) is 12.6 Å². The molecule has 1 saturated heterocycles. The Morgan fingerprint density at radius 2 is 2.13 bits per heavy atom. The number of halogens is 1. The summed E-state index contributed by atoms with van der Waals surface area (Å²) in [5, 5.41) is 13.1. The standard InChI is InChI=1S/C18H26FN3O/c1-2-20-17(22-11-8-16(23)12-22)21-13-18(9-3-10-18)14-4-6-15(19)7-5-14/h4-7,16,23H,2-3,8-13H2,1H3,(H,20,21)/t16-/m1/s1. The van der Waals surface area contributed by atoms with E-state index in [0.29, 0.717) is 13.1 Å². The van der Waals surface area contributed by atoms with Crippen molar-refractivity contribution in [2.45, 2.75) is 44.1 Å². The lowest BCUT2D eigenvalue weighted by atomic mass is 9.64. The molecular formula is C18H26FN3O. The van der Waals surface area contributed by atoms with Crippen molar-refractivity contribution in [2.75, 3.05) is 26.2 Å². The van der Waals surface area contributed by atoms with Gasteiger partial charge in [0.1, 0.15) is 5.82 Å². The molecule has 0 bridgehead atoms. The van der Waals surface area contributed by atoms with Crippen molar-refractivity contribution in [3.8, 4) is 0 Å². The lowest BCUT2D eigenvalue weighted by Gasteiger charge is -2.41. The molecule has 1 aromatic carbocycles. The van der Waals surface area contributed by atoms with Crippen molar-refractivity contribution >= 4 is 5.96 Å². The maximum Gasteiger partial charge on any atom is 0.194 e. The molecule has 0 spiro atoms. The van der Waals surface area contributed by atoms with Crippen LogP contribution in [0.15, 0.2) is 29.3 Å². The summed E-state index contributed by atoms with van der Waals surface area (Å²) >= 11 is 0. The van der Waals surface area contributed by atoms with Crippen LogP contribution < -0.4 is 5.32 Å². The number of guanidine groups is 1. The van der Waals surface area contributed by atoms with E-state index in [1.165, 1.54) is 12.0 Å². The summed E-state index contributed by atoms with van der Waals surface area (Å²) in [6, 6.07) is 6.88. The molecule has 1 heterocycles. The number of β-amino-alcohol motifs (C(OH)–C–C–N with tert-alkyl or cyclic N) is 1. The maximum absolute atomic E-state index is 13.2. The zero-order chi connectivity index (χ0) is 16.3. The van der Waals surface area contributed by atoms with Gasteiger partial charge in [-0.1, -0.05) is 18.6 Å². The molecule has 1 aliphatic carbocycles. The molecule has 5 heteroatoms. The summed E-state index contributed by atoms with van der Waals surface area (Å²) in [6.07, 6.45) is 3.95. The minimum Gasteiger partial charge on any atom is -0.391 e. The molecule has 0 unspecified atom stereocenters. The fourth-order valence-electron chi connectivity index (χ4n) is 3.53. The van der Waals surface area contributed by atoms with E-state index in [9.17, 15) is 9.50 Å². The molecule has 3 rings (SSSR count). The number of nitrogens with zero attached hydrogens (tertiary/aromatic N) is 2. The minimum atomic E-state index is -0.256. The highest BCUT2D eigenvalue weighted by Crippen LogP contribution is 2.44. The van der Waals surface area contributed by atoms with Crippen LogP contribution in [0.4, 0.5) is 4.39 Å². The molecular weight excluding hydrogens is 293 g/mol. The summed E-state index contributed by atoms with van der Waals surface area (Å²) < 4.78 is 13.2. The van der Waals surface area contributed by atoms with Gasteiger partial charge in [-0.3, -0.25) is 4.99 Å². The number of hydrogen-bond donors (Lipinski definition) is 2. The number of benzene rings is 1. The van der Waals surface area contributed by atoms with Gasteiger partial charge in [-0.05, 0) is 43.9 Å². The van der Waals surface area contributed by atoms with Crippen LogP contribution in [0.2, 0.25) is 0 Å². The zero-order valence-electron chi connectivity index (χ0n) is 13.8. The van der Waals surface area contributed by atoms with Gasteiger partial charge in [0.25, 0.3) is 0 Å². The van der Waals surface area contributed by atoms with E-state index in [1.807, 2.05) is 12.1 Å². The Morgan fingerprint density at radius 3 is 2.65 bits per heavy atom. The van der Waals surface area contributed by atoms with Crippen molar-refractivity contribution in [2.24, 2.45) is 4.99 Å². The minimum absolute atomic E-state index is 0.0483. The van der Waals surface area contributed by atoms with E-state index >= 15 is 0 Å². The van der Waals surface area contributed by atoms with Crippen molar-refractivity contribution in [3.63, 3.8) is 0 Å². The van der Waals surface area contributed by atoms with E-state index < -0.39 is 0 Å². The molecule has 2 N–H and O–H groups in total. The number of aliphatic imine (C=N–C) groups is 1. The average molecular weight is 319 g/mol. The van der Waals surface area contributed by atoms with E-state index in [2.05, 4.69) is 17.1 Å². The first-order chi connectivity index (χ1) is 11.1. The lowest BCUT2D eigenvalue weighted by molar-refractivity contribution is 0.187. The van der Waals surface area contributed by atoms with E-state index in [0.717, 1.165) is 38.3 Å². The van der Waals surface area contributed by atoms with Crippen LogP contribution in [0, 0.1) is 5.82 Å². The molecule has 2 aliphatic rings. The Morgan fingerprint density at radius 1 is 1.39 bits per heavy atom. The summed E-state index contributed by atoms with van der Waals surface area (Å²) in [7, 11) is 0. The van der Waals surface area contributed by atoms with Crippen LogP contribution in [-0.2, 0) is 5.41 Å². The Bertz CT molecular complexity index is 554. The first-order valence-electron chi connectivity index (χ1n) is 8.60. The number of nitrogens with one attached hydrogen (secondary N) is 1. The Hall–Kier alpha value is -1.62. The first kappa shape index (κ1) is 16.2.